The number of nitrogen functional groups attached to an aromatic ring is 1. The first kappa shape index (κ1) is 10.5. The van der Waals surface area contributed by atoms with E-state index in [0.29, 0.717) is 6.42 Å². The van der Waals surface area contributed by atoms with E-state index >= 15 is 0 Å². The van der Waals surface area contributed by atoms with E-state index in [1.165, 1.54) is 12.1 Å². The van der Waals surface area contributed by atoms with Crippen molar-refractivity contribution in [3.8, 4) is 11.1 Å². The van der Waals surface area contributed by atoms with Crippen molar-refractivity contribution < 1.29 is 8.78 Å². The van der Waals surface area contributed by atoms with Crippen molar-refractivity contribution >= 4 is 17.3 Å². The fourth-order valence-corrected chi connectivity index (χ4v) is 2.40. The summed E-state index contributed by atoms with van der Waals surface area (Å²) >= 11 is 5.72. The lowest BCUT2D eigenvalue weighted by Gasteiger charge is -2.04. The van der Waals surface area contributed by atoms with Gasteiger partial charge in [-0.15, -0.1) is 0 Å². The summed E-state index contributed by atoms with van der Waals surface area (Å²) in [5.41, 5.74) is 8.84. The SMILES string of the molecule is Nc1cc2c(cc1F)Cc1cc(Cl)c(F)cc1-2. The summed E-state index contributed by atoms with van der Waals surface area (Å²) in [5, 5.41) is 0.0880. The summed E-state index contributed by atoms with van der Waals surface area (Å²) in [7, 11) is 0. The predicted molar refractivity (Wildman–Crippen MR) is 64.0 cm³/mol. The molecule has 0 spiro atoms. The Kier molecular flexibility index (Phi) is 2.13. The first-order valence-electron chi connectivity index (χ1n) is 5.12. The Morgan fingerprint density at radius 2 is 1.59 bits per heavy atom. The zero-order valence-electron chi connectivity index (χ0n) is 8.73. The molecule has 0 heterocycles. The van der Waals surface area contributed by atoms with Crippen LogP contribution in [0.25, 0.3) is 11.1 Å². The largest absolute Gasteiger partial charge is 0.396 e. The minimum absolute atomic E-state index is 0.0759. The zero-order valence-corrected chi connectivity index (χ0v) is 9.48. The van der Waals surface area contributed by atoms with E-state index in [4.69, 9.17) is 17.3 Å². The lowest BCUT2D eigenvalue weighted by atomic mass is 10.0. The van der Waals surface area contributed by atoms with Gasteiger partial charge in [-0.2, -0.15) is 0 Å². The molecule has 1 aliphatic carbocycles. The predicted octanol–water partition coefficient (Wildman–Crippen LogP) is 3.77. The molecule has 0 radical (unpaired) electrons. The lowest BCUT2D eigenvalue weighted by molar-refractivity contribution is 0.628. The molecule has 1 nitrogen and oxygen atoms in total. The van der Waals surface area contributed by atoms with Crippen LogP contribution in [-0.2, 0) is 6.42 Å². The van der Waals surface area contributed by atoms with Crippen molar-refractivity contribution in [3.63, 3.8) is 0 Å². The van der Waals surface area contributed by atoms with Gasteiger partial charge in [-0.05, 0) is 52.9 Å². The number of nitrogens with two attached hydrogens (primary N) is 1. The molecule has 17 heavy (non-hydrogen) atoms. The van der Waals surface area contributed by atoms with E-state index in [-0.39, 0.29) is 10.7 Å². The first-order chi connectivity index (χ1) is 8.06. The Balaban J connectivity index is 2.27. The molecule has 0 bridgehead atoms. The standard InChI is InChI=1S/C13H8ClF2N/c14-10-2-6-1-7-3-12(16)13(17)5-9(7)8(6)4-11(10)15/h2-5H,1,17H2. The molecule has 1 aliphatic rings. The van der Waals surface area contributed by atoms with Gasteiger partial charge in [-0.1, -0.05) is 11.6 Å². The van der Waals surface area contributed by atoms with E-state index < -0.39 is 11.6 Å². The fraction of sp³-hybridized carbons (Fsp3) is 0.0769. The number of hydrogen-bond donors (Lipinski definition) is 1. The van der Waals surface area contributed by atoms with E-state index in [0.717, 1.165) is 22.3 Å². The molecular formula is C13H8ClF2N. The molecule has 2 aromatic carbocycles. The monoisotopic (exact) mass is 251 g/mol. The number of benzene rings is 2. The van der Waals surface area contributed by atoms with Crippen molar-refractivity contribution in [2.75, 3.05) is 5.73 Å². The Morgan fingerprint density at radius 1 is 0.941 bits per heavy atom. The number of halogens is 3. The number of anilines is 1. The summed E-state index contributed by atoms with van der Waals surface area (Å²) in [5.74, 6) is -0.913. The van der Waals surface area contributed by atoms with Gasteiger partial charge in [0.1, 0.15) is 11.6 Å². The number of hydrogen-bond acceptors (Lipinski definition) is 1. The average molecular weight is 252 g/mol. The van der Waals surface area contributed by atoms with Gasteiger partial charge in [0.2, 0.25) is 0 Å². The minimum atomic E-state index is -0.471. The highest BCUT2D eigenvalue weighted by Crippen LogP contribution is 2.40. The van der Waals surface area contributed by atoms with Crippen LogP contribution in [0.15, 0.2) is 24.3 Å². The molecule has 0 aromatic heterocycles. The summed E-state index contributed by atoms with van der Waals surface area (Å²) in [6.45, 7) is 0. The van der Waals surface area contributed by atoms with E-state index in [2.05, 4.69) is 0 Å². The van der Waals surface area contributed by atoms with E-state index in [9.17, 15) is 8.78 Å². The minimum Gasteiger partial charge on any atom is -0.396 e. The molecule has 0 atom stereocenters. The van der Waals surface area contributed by atoms with Crippen LogP contribution < -0.4 is 5.73 Å². The van der Waals surface area contributed by atoms with Gasteiger partial charge < -0.3 is 5.73 Å². The lowest BCUT2D eigenvalue weighted by Crippen LogP contribution is -1.92. The maximum absolute atomic E-state index is 13.4. The van der Waals surface area contributed by atoms with Gasteiger partial charge in [0.15, 0.2) is 0 Å². The summed E-state index contributed by atoms with van der Waals surface area (Å²) in [6, 6.07) is 5.90. The van der Waals surface area contributed by atoms with Crippen molar-refractivity contribution in [3.05, 3.63) is 52.0 Å². The molecule has 0 aliphatic heterocycles. The molecule has 0 saturated carbocycles. The van der Waals surface area contributed by atoms with Crippen molar-refractivity contribution in [1.29, 1.82) is 0 Å². The summed E-state index contributed by atoms with van der Waals surface area (Å²) < 4.78 is 26.7. The van der Waals surface area contributed by atoms with Crippen molar-refractivity contribution in [2.45, 2.75) is 6.42 Å². The molecule has 0 fully saturated rings. The fourth-order valence-electron chi connectivity index (χ4n) is 2.22. The van der Waals surface area contributed by atoms with Crippen LogP contribution in [0.4, 0.5) is 14.5 Å². The maximum Gasteiger partial charge on any atom is 0.146 e. The van der Waals surface area contributed by atoms with Gasteiger partial charge in [0.05, 0.1) is 10.7 Å². The molecule has 0 saturated heterocycles. The molecule has 0 amide bonds. The summed E-state index contributed by atoms with van der Waals surface area (Å²) in [6.07, 6.45) is 0.557. The third kappa shape index (κ3) is 1.50. The van der Waals surface area contributed by atoms with E-state index in [1.54, 1.807) is 12.1 Å². The molecule has 0 unspecified atom stereocenters. The second kappa shape index (κ2) is 3.44. The Hall–Kier alpha value is -1.61. The second-order valence-electron chi connectivity index (χ2n) is 4.13. The third-order valence-electron chi connectivity index (χ3n) is 3.04. The van der Waals surface area contributed by atoms with Gasteiger partial charge in [0.25, 0.3) is 0 Å². The van der Waals surface area contributed by atoms with Gasteiger partial charge in [-0.3, -0.25) is 0 Å². The Morgan fingerprint density at radius 3 is 2.35 bits per heavy atom. The van der Waals surface area contributed by atoms with Crippen molar-refractivity contribution in [2.24, 2.45) is 0 Å². The molecule has 4 heteroatoms. The van der Waals surface area contributed by atoms with Crippen LogP contribution in [0, 0.1) is 11.6 Å². The van der Waals surface area contributed by atoms with Crippen LogP contribution in [-0.4, -0.2) is 0 Å². The van der Waals surface area contributed by atoms with Gasteiger partial charge in [-0.25, -0.2) is 8.78 Å². The van der Waals surface area contributed by atoms with Gasteiger partial charge in [0, 0.05) is 0 Å². The molecule has 3 rings (SSSR count). The molecule has 86 valence electrons. The normalized spacial score (nSPS) is 12.4. The first-order valence-corrected chi connectivity index (χ1v) is 5.50. The Bertz CT molecular complexity index is 582. The molecule has 2 N–H and O–H groups in total. The zero-order chi connectivity index (χ0) is 12.2. The summed E-state index contributed by atoms with van der Waals surface area (Å²) in [4.78, 5) is 0. The molecular weight excluding hydrogens is 244 g/mol. The third-order valence-corrected chi connectivity index (χ3v) is 3.33. The average Bonchev–Trinajstić information content (AvgIpc) is 2.58. The van der Waals surface area contributed by atoms with Crippen LogP contribution in [0.1, 0.15) is 11.1 Å². The van der Waals surface area contributed by atoms with Gasteiger partial charge >= 0.3 is 0 Å². The highest BCUT2D eigenvalue weighted by molar-refractivity contribution is 6.31. The maximum atomic E-state index is 13.4. The quantitative estimate of drug-likeness (QED) is 0.605. The van der Waals surface area contributed by atoms with Crippen LogP contribution in [0.3, 0.4) is 0 Å². The Labute approximate surface area is 102 Å². The van der Waals surface area contributed by atoms with Crippen LogP contribution in [0.2, 0.25) is 5.02 Å². The van der Waals surface area contributed by atoms with Crippen molar-refractivity contribution in [1.82, 2.24) is 0 Å². The highest BCUT2D eigenvalue weighted by atomic mass is 35.5. The number of rotatable bonds is 0. The van der Waals surface area contributed by atoms with Crippen LogP contribution >= 0.6 is 11.6 Å². The molecule has 2 aromatic rings. The topological polar surface area (TPSA) is 26.0 Å². The van der Waals surface area contributed by atoms with E-state index in [1.807, 2.05) is 0 Å². The number of fused-ring (bicyclic) bond motifs is 3. The second-order valence-corrected chi connectivity index (χ2v) is 4.54. The van der Waals surface area contributed by atoms with Crippen LogP contribution in [0.5, 0.6) is 0 Å². The smallest absolute Gasteiger partial charge is 0.146 e. The highest BCUT2D eigenvalue weighted by Gasteiger charge is 2.22.